The van der Waals surface area contributed by atoms with Gasteiger partial charge in [-0.05, 0) is 18.1 Å². The van der Waals surface area contributed by atoms with Gasteiger partial charge in [-0.25, -0.2) is 15.8 Å². The summed E-state index contributed by atoms with van der Waals surface area (Å²) in [5.41, 5.74) is 4.80. The molecule has 3 N–H and O–H groups in total. The monoisotopic (exact) mass is 254 g/mol. The van der Waals surface area contributed by atoms with E-state index in [-0.39, 0.29) is 0 Å². The van der Waals surface area contributed by atoms with Gasteiger partial charge in [0.05, 0.1) is 5.75 Å². The molecule has 0 bridgehead atoms. The maximum absolute atomic E-state index is 5.54. The summed E-state index contributed by atoms with van der Waals surface area (Å²) in [5.74, 6) is 8.33. The van der Waals surface area contributed by atoms with Crippen LogP contribution >= 0.6 is 11.8 Å². The zero-order valence-corrected chi connectivity index (χ0v) is 12.1. The summed E-state index contributed by atoms with van der Waals surface area (Å²) in [7, 11) is 0. The summed E-state index contributed by atoms with van der Waals surface area (Å²) in [6.07, 6.45) is 0. The van der Waals surface area contributed by atoms with E-state index in [0.717, 1.165) is 28.7 Å². The minimum Gasteiger partial charge on any atom is -0.308 e. The molecule has 0 aliphatic heterocycles. The Labute approximate surface area is 108 Å². The molecule has 4 nitrogen and oxygen atoms in total. The van der Waals surface area contributed by atoms with Gasteiger partial charge in [0.1, 0.15) is 11.6 Å². The van der Waals surface area contributed by atoms with Gasteiger partial charge >= 0.3 is 0 Å². The van der Waals surface area contributed by atoms with Crippen LogP contribution < -0.4 is 11.3 Å². The lowest BCUT2D eigenvalue weighted by Crippen LogP contribution is -2.15. The second-order valence-electron chi connectivity index (χ2n) is 4.65. The van der Waals surface area contributed by atoms with Gasteiger partial charge in [0.2, 0.25) is 0 Å². The summed E-state index contributed by atoms with van der Waals surface area (Å²) in [5, 5.41) is 0.581. The average Bonchev–Trinajstić information content (AvgIpc) is 2.24. The number of hydrazine groups is 1. The fourth-order valence-electron chi connectivity index (χ4n) is 1.75. The molecule has 17 heavy (non-hydrogen) atoms. The molecule has 0 saturated carbocycles. The predicted molar refractivity (Wildman–Crippen MR) is 75.1 cm³/mol. The highest BCUT2D eigenvalue weighted by molar-refractivity contribution is 7.99. The highest BCUT2D eigenvalue weighted by atomic mass is 32.2. The Hall–Kier alpha value is -0.810. The number of anilines is 1. The first-order valence-electron chi connectivity index (χ1n) is 5.91. The highest BCUT2D eigenvalue weighted by Gasteiger charge is 2.14. The van der Waals surface area contributed by atoms with Gasteiger partial charge in [-0.15, -0.1) is 0 Å². The van der Waals surface area contributed by atoms with E-state index in [1.54, 1.807) is 0 Å². The quantitative estimate of drug-likeness (QED) is 0.625. The topological polar surface area (TPSA) is 63.8 Å². The Balaban J connectivity index is 3.00. The summed E-state index contributed by atoms with van der Waals surface area (Å²) < 4.78 is 0. The number of nitrogens with two attached hydrogens (primary N) is 1. The second-order valence-corrected chi connectivity index (χ2v) is 6.21. The van der Waals surface area contributed by atoms with Crippen LogP contribution in [0.25, 0.3) is 0 Å². The second kappa shape index (κ2) is 6.21. The Kier molecular flexibility index (Phi) is 5.21. The lowest BCUT2D eigenvalue weighted by atomic mass is 10.0. The van der Waals surface area contributed by atoms with Crippen molar-refractivity contribution in [1.82, 2.24) is 9.97 Å². The van der Waals surface area contributed by atoms with Crippen LogP contribution in [-0.2, 0) is 5.75 Å². The number of hydrogen-bond acceptors (Lipinski definition) is 5. The Morgan fingerprint density at radius 3 is 2.35 bits per heavy atom. The average molecular weight is 254 g/mol. The van der Waals surface area contributed by atoms with Gasteiger partial charge in [0.15, 0.2) is 0 Å². The fourth-order valence-corrected chi connectivity index (χ4v) is 2.36. The maximum Gasteiger partial charge on any atom is 0.147 e. The van der Waals surface area contributed by atoms with E-state index in [0.29, 0.717) is 11.2 Å². The summed E-state index contributed by atoms with van der Waals surface area (Å²) >= 11 is 1.83. The Bertz CT molecular complexity index is 377. The minimum atomic E-state index is 0.368. The molecule has 1 aromatic heterocycles. The predicted octanol–water partition coefficient (Wildman–Crippen LogP) is 2.84. The number of rotatable bonds is 5. The molecule has 0 radical (unpaired) electrons. The smallest absolute Gasteiger partial charge is 0.147 e. The first kappa shape index (κ1) is 14.3. The fraction of sp³-hybridized carbons (Fsp3) is 0.667. The number of nitrogens with zero attached hydrogens (tertiary/aromatic N) is 2. The van der Waals surface area contributed by atoms with Crippen LogP contribution in [0.2, 0.25) is 0 Å². The number of nitrogen functional groups attached to an aromatic ring is 1. The summed E-state index contributed by atoms with van der Waals surface area (Å²) in [6, 6.07) is 0. The van der Waals surface area contributed by atoms with Crippen molar-refractivity contribution in [2.24, 2.45) is 5.84 Å². The number of nitrogens with one attached hydrogen (secondary N) is 1. The van der Waals surface area contributed by atoms with Crippen molar-refractivity contribution >= 4 is 17.6 Å². The van der Waals surface area contributed by atoms with Gasteiger partial charge in [-0.3, -0.25) is 0 Å². The molecule has 0 atom stereocenters. The molecule has 1 heterocycles. The van der Waals surface area contributed by atoms with E-state index in [9.17, 15) is 0 Å². The molecule has 1 aromatic rings. The van der Waals surface area contributed by atoms with Crippen molar-refractivity contribution in [3.8, 4) is 0 Å². The standard InChI is InChI=1S/C12H22N4S/c1-7(2)11-9(5)14-10(6-17-8(3)4)15-12(11)16-13/h7-8H,6,13H2,1-5H3,(H,14,15,16). The van der Waals surface area contributed by atoms with Crippen LogP contribution in [0.15, 0.2) is 0 Å². The third-order valence-corrected chi connectivity index (χ3v) is 3.53. The zero-order valence-electron chi connectivity index (χ0n) is 11.2. The number of aryl methyl sites for hydroxylation is 1. The molecule has 0 amide bonds. The molecule has 0 aromatic carbocycles. The van der Waals surface area contributed by atoms with Crippen molar-refractivity contribution in [2.75, 3.05) is 5.43 Å². The van der Waals surface area contributed by atoms with Crippen LogP contribution in [0.5, 0.6) is 0 Å². The first-order valence-corrected chi connectivity index (χ1v) is 6.96. The van der Waals surface area contributed by atoms with E-state index >= 15 is 0 Å². The normalized spacial score (nSPS) is 11.3. The summed E-state index contributed by atoms with van der Waals surface area (Å²) in [4.78, 5) is 9.02. The third-order valence-electron chi connectivity index (χ3n) is 2.44. The summed E-state index contributed by atoms with van der Waals surface area (Å²) in [6.45, 7) is 10.6. The van der Waals surface area contributed by atoms with Crippen molar-refractivity contribution in [2.45, 2.75) is 51.5 Å². The van der Waals surface area contributed by atoms with E-state index in [1.165, 1.54) is 0 Å². The molecule has 0 unspecified atom stereocenters. The van der Waals surface area contributed by atoms with E-state index in [1.807, 2.05) is 18.7 Å². The SMILES string of the molecule is Cc1nc(CSC(C)C)nc(NN)c1C(C)C. The van der Waals surface area contributed by atoms with Gasteiger partial charge < -0.3 is 5.43 Å². The van der Waals surface area contributed by atoms with Crippen LogP contribution in [0, 0.1) is 6.92 Å². The van der Waals surface area contributed by atoms with Crippen molar-refractivity contribution in [3.63, 3.8) is 0 Å². The third kappa shape index (κ3) is 3.85. The first-order chi connectivity index (χ1) is 7.95. The van der Waals surface area contributed by atoms with Gasteiger partial charge in [-0.1, -0.05) is 27.7 Å². The van der Waals surface area contributed by atoms with Gasteiger partial charge in [0, 0.05) is 11.3 Å². The number of thioether (sulfide) groups is 1. The lowest BCUT2D eigenvalue weighted by molar-refractivity contribution is 0.818. The van der Waals surface area contributed by atoms with Crippen LogP contribution in [0.4, 0.5) is 5.82 Å². The van der Waals surface area contributed by atoms with Crippen LogP contribution in [0.3, 0.4) is 0 Å². The maximum atomic E-state index is 5.54. The molecule has 96 valence electrons. The molecular weight excluding hydrogens is 232 g/mol. The minimum absolute atomic E-state index is 0.368. The molecule has 1 rings (SSSR count). The number of hydrogen-bond donors (Lipinski definition) is 2. The lowest BCUT2D eigenvalue weighted by Gasteiger charge is -2.15. The zero-order chi connectivity index (χ0) is 13.0. The Morgan fingerprint density at radius 1 is 1.24 bits per heavy atom. The molecule has 5 heteroatoms. The van der Waals surface area contributed by atoms with Crippen molar-refractivity contribution in [1.29, 1.82) is 0 Å². The molecule has 0 fully saturated rings. The molecule has 0 aliphatic rings. The molecule has 0 saturated heterocycles. The molecule has 0 spiro atoms. The molecular formula is C12H22N4S. The van der Waals surface area contributed by atoms with E-state index in [4.69, 9.17) is 5.84 Å². The highest BCUT2D eigenvalue weighted by Crippen LogP contribution is 2.25. The van der Waals surface area contributed by atoms with Crippen molar-refractivity contribution < 1.29 is 0 Å². The van der Waals surface area contributed by atoms with E-state index < -0.39 is 0 Å². The van der Waals surface area contributed by atoms with Crippen LogP contribution in [-0.4, -0.2) is 15.2 Å². The van der Waals surface area contributed by atoms with Crippen molar-refractivity contribution in [3.05, 3.63) is 17.1 Å². The van der Waals surface area contributed by atoms with Gasteiger partial charge in [0.25, 0.3) is 0 Å². The van der Waals surface area contributed by atoms with E-state index in [2.05, 4.69) is 43.1 Å². The van der Waals surface area contributed by atoms with Gasteiger partial charge in [-0.2, -0.15) is 11.8 Å². The molecule has 0 aliphatic carbocycles. The Morgan fingerprint density at radius 2 is 1.88 bits per heavy atom. The van der Waals surface area contributed by atoms with Crippen LogP contribution in [0.1, 0.15) is 50.7 Å². The number of aromatic nitrogens is 2. The largest absolute Gasteiger partial charge is 0.308 e.